The van der Waals surface area contributed by atoms with E-state index in [1.54, 1.807) is 12.1 Å². The number of rotatable bonds is 2. The maximum atomic E-state index is 13.1. The molecule has 1 atom stereocenters. The molecule has 22 heavy (non-hydrogen) atoms. The summed E-state index contributed by atoms with van der Waals surface area (Å²) in [6.45, 7) is 0. The van der Waals surface area contributed by atoms with Crippen molar-refractivity contribution >= 4 is 21.7 Å². The van der Waals surface area contributed by atoms with Crippen molar-refractivity contribution in [3.63, 3.8) is 0 Å². The SMILES string of the molecule is N#CC1=C([Se])NC(c2ccccc2)=CC1c1ccc(F)cc1. The first kappa shape index (κ1) is 14.6. The predicted molar refractivity (Wildman–Crippen MR) is 85.1 cm³/mol. The van der Waals surface area contributed by atoms with Gasteiger partial charge in [-0.25, -0.2) is 0 Å². The Hall–Kier alpha value is -2.34. The summed E-state index contributed by atoms with van der Waals surface area (Å²) >= 11 is 2.92. The molecule has 0 saturated carbocycles. The van der Waals surface area contributed by atoms with Gasteiger partial charge in [0, 0.05) is 0 Å². The van der Waals surface area contributed by atoms with Crippen LogP contribution in [0, 0.1) is 17.1 Å². The second-order valence-corrected chi connectivity index (χ2v) is 5.81. The summed E-state index contributed by atoms with van der Waals surface area (Å²) in [4.78, 5) is 0. The summed E-state index contributed by atoms with van der Waals surface area (Å²) in [6, 6.07) is 18.4. The van der Waals surface area contributed by atoms with Crippen LogP contribution in [0.25, 0.3) is 5.70 Å². The molecule has 3 rings (SSSR count). The average molecular weight is 354 g/mol. The molecule has 2 aromatic rings. The van der Waals surface area contributed by atoms with E-state index < -0.39 is 0 Å². The van der Waals surface area contributed by atoms with Gasteiger partial charge in [-0.3, -0.25) is 0 Å². The topological polar surface area (TPSA) is 35.8 Å². The second kappa shape index (κ2) is 6.19. The number of hydrogen-bond donors (Lipinski definition) is 1. The summed E-state index contributed by atoms with van der Waals surface area (Å²) in [5.74, 6) is -0.478. The summed E-state index contributed by atoms with van der Waals surface area (Å²) in [5.41, 5.74) is 3.47. The van der Waals surface area contributed by atoms with Crippen molar-refractivity contribution in [2.75, 3.05) is 0 Å². The van der Waals surface area contributed by atoms with E-state index in [9.17, 15) is 9.65 Å². The van der Waals surface area contributed by atoms with Crippen molar-refractivity contribution < 1.29 is 4.39 Å². The fourth-order valence-electron chi connectivity index (χ4n) is 2.46. The number of nitrogens with one attached hydrogen (secondary N) is 1. The summed E-state index contributed by atoms with van der Waals surface area (Å²) in [6.07, 6.45) is 2.00. The summed E-state index contributed by atoms with van der Waals surface area (Å²) < 4.78 is 13.8. The molecule has 2 aromatic carbocycles. The van der Waals surface area contributed by atoms with Crippen LogP contribution in [0.2, 0.25) is 0 Å². The molecule has 0 fully saturated rings. The Morgan fingerprint density at radius 1 is 1.05 bits per heavy atom. The van der Waals surface area contributed by atoms with Crippen molar-refractivity contribution in [3.8, 4) is 6.07 Å². The van der Waals surface area contributed by atoms with Crippen molar-refractivity contribution in [2.24, 2.45) is 0 Å². The van der Waals surface area contributed by atoms with Crippen LogP contribution in [0.3, 0.4) is 0 Å². The zero-order valence-corrected chi connectivity index (χ0v) is 13.3. The number of halogens is 1. The number of nitriles is 1. The molecule has 4 heteroatoms. The van der Waals surface area contributed by atoms with E-state index in [0.717, 1.165) is 16.8 Å². The van der Waals surface area contributed by atoms with Crippen LogP contribution in [0.4, 0.5) is 4.39 Å². The molecule has 1 unspecified atom stereocenters. The van der Waals surface area contributed by atoms with Crippen LogP contribution in [0.1, 0.15) is 17.0 Å². The first-order valence-corrected chi connectivity index (χ1v) is 7.65. The van der Waals surface area contributed by atoms with Gasteiger partial charge in [-0.2, -0.15) is 0 Å². The fraction of sp³-hybridized carbons (Fsp3) is 0.0556. The first-order chi connectivity index (χ1) is 10.7. The monoisotopic (exact) mass is 355 g/mol. The van der Waals surface area contributed by atoms with E-state index in [1.807, 2.05) is 36.4 Å². The van der Waals surface area contributed by atoms with E-state index in [0.29, 0.717) is 10.2 Å². The molecule has 1 N–H and O–H groups in total. The Morgan fingerprint density at radius 3 is 2.36 bits per heavy atom. The van der Waals surface area contributed by atoms with Crippen LogP contribution in [-0.4, -0.2) is 16.0 Å². The maximum absolute atomic E-state index is 13.1. The van der Waals surface area contributed by atoms with E-state index in [2.05, 4.69) is 27.4 Å². The number of benzene rings is 2. The van der Waals surface area contributed by atoms with E-state index in [1.165, 1.54) is 12.1 Å². The molecule has 1 aliphatic rings. The van der Waals surface area contributed by atoms with E-state index in [-0.39, 0.29) is 11.7 Å². The van der Waals surface area contributed by atoms with E-state index >= 15 is 0 Å². The third-order valence-corrected chi connectivity index (χ3v) is 4.25. The van der Waals surface area contributed by atoms with Gasteiger partial charge in [-0.15, -0.1) is 0 Å². The third kappa shape index (κ3) is 2.82. The molecule has 0 saturated heterocycles. The minimum atomic E-state index is -0.282. The van der Waals surface area contributed by atoms with Gasteiger partial charge < -0.3 is 0 Å². The normalized spacial score (nSPS) is 17.5. The first-order valence-electron chi connectivity index (χ1n) is 6.80. The number of dihydropyridines is 1. The molecule has 0 aromatic heterocycles. The van der Waals surface area contributed by atoms with Crippen LogP contribution >= 0.6 is 0 Å². The van der Waals surface area contributed by atoms with Gasteiger partial charge >= 0.3 is 136 Å². The Balaban J connectivity index is 2.07. The Labute approximate surface area is 136 Å². The molecule has 107 valence electrons. The molecule has 1 radical (unpaired) electrons. The molecule has 0 aliphatic carbocycles. The minimum absolute atomic E-state index is 0.196. The van der Waals surface area contributed by atoms with Crippen LogP contribution in [0.5, 0.6) is 0 Å². The number of hydrogen-bond acceptors (Lipinski definition) is 2. The second-order valence-electron chi connectivity index (χ2n) is 4.96. The van der Waals surface area contributed by atoms with Gasteiger partial charge in [0.1, 0.15) is 0 Å². The van der Waals surface area contributed by atoms with Crippen LogP contribution < -0.4 is 5.32 Å². The summed E-state index contributed by atoms with van der Waals surface area (Å²) in [7, 11) is 0. The predicted octanol–water partition coefficient (Wildman–Crippen LogP) is 3.46. The Morgan fingerprint density at radius 2 is 1.73 bits per heavy atom. The Bertz CT molecular complexity index is 786. The molecular weight excluding hydrogens is 342 g/mol. The van der Waals surface area contributed by atoms with Crippen LogP contribution in [-0.2, 0) is 0 Å². The molecular formula is C18H12FN2Se. The standard InChI is InChI=1S/C18H12FN2Se/c19-14-8-6-12(7-9-14)15-10-17(13-4-2-1-3-5-13)21-18(22)16(15)11-20/h1-10,15,21H. The van der Waals surface area contributed by atoms with Gasteiger partial charge in [0.25, 0.3) is 0 Å². The molecule has 0 bridgehead atoms. The van der Waals surface area contributed by atoms with Gasteiger partial charge in [-0.1, -0.05) is 0 Å². The average Bonchev–Trinajstić information content (AvgIpc) is 2.55. The van der Waals surface area contributed by atoms with Crippen molar-refractivity contribution in [2.45, 2.75) is 5.92 Å². The van der Waals surface area contributed by atoms with Crippen molar-refractivity contribution in [3.05, 3.63) is 87.8 Å². The quantitative estimate of drug-likeness (QED) is 0.839. The molecule has 0 spiro atoms. The number of allylic oxidation sites excluding steroid dienone is 2. The van der Waals surface area contributed by atoms with Crippen molar-refractivity contribution in [1.29, 1.82) is 5.26 Å². The molecule has 1 heterocycles. The zero-order chi connectivity index (χ0) is 15.5. The summed E-state index contributed by atoms with van der Waals surface area (Å²) in [5, 5.41) is 12.7. The molecule has 1 aliphatic heterocycles. The van der Waals surface area contributed by atoms with Gasteiger partial charge in [0.15, 0.2) is 0 Å². The number of nitrogens with zero attached hydrogens (tertiary/aromatic N) is 1. The van der Waals surface area contributed by atoms with E-state index in [4.69, 9.17) is 0 Å². The van der Waals surface area contributed by atoms with Gasteiger partial charge in [-0.05, 0) is 0 Å². The third-order valence-electron chi connectivity index (χ3n) is 3.57. The fourth-order valence-corrected chi connectivity index (χ4v) is 3.05. The van der Waals surface area contributed by atoms with Gasteiger partial charge in [0.2, 0.25) is 0 Å². The molecule has 2 nitrogen and oxygen atoms in total. The van der Waals surface area contributed by atoms with Crippen LogP contribution in [0.15, 0.2) is 70.8 Å². The van der Waals surface area contributed by atoms with Gasteiger partial charge in [0.05, 0.1) is 0 Å². The molecule has 0 amide bonds. The van der Waals surface area contributed by atoms with Crippen molar-refractivity contribution in [1.82, 2.24) is 5.32 Å². The Kier molecular flexibility index (Phi) is 4.11. The zero-order valence-electron chi connectivity index (χ0n) is 11.6.